The minimum absolute atomic E-state index is 0.235. The van der Waals surface area contributed by atoms with Crippen LogP contribution in [0.5, 0.6) is 5.75 Å². The zero-order valence-corrected chi connectivity index (χ0v) is 15.9. The van der Waals surface area contributed by atoms with Gasteiger partial charge in [-0.05, 0) is 58.4 Å². The zero-order chi connectivity index (χ0) is 19.3. The Bertz CT molecular complexity index is 794. The van der Waals surface area contributed by atoms with Crippen molar-refractivity contribution in [3.05, 3.63) is 59.7 Å². The lowest BCUT2D eigenvalue weighted by Crippen LogP contribution is -2.41. The molecule has 2 aromatic rings. The summed E-state index contributed by atoms with van der Waals surface area (Å²) in [5.74, 6) is 0.110. The van der Waals surface area contributed by atoms with E-state index in [1.807, 2.05) is 52.0 Å². The fourth-order valence-corrected chi connectivity index (χ4v) is 2.37. The molecule has 0 aliphatic rings. The Labute approximate surface area is 154 Å². The fraction of sp³-hybridized carbons (Fsp3) is 0.333. The molecular weight excluding hydrogens is 328 g/mol. The van der Waals surface area contributed by atoms with Crippen molar-refractivity contribution >= 4 is 17.5 Å². The molecule has 0 fully saturated rings. The Morgan fingerprint density at radius 1 is 1.00 bits per heavy atom. The monoisotopic (exact) mass is 354 g/mol. The van der Waals surface area contributed by atoms with Gasteiger partial charge in [0.05, 0.1) is 11.3 Å². The molecule has 138 valence electrons. The van der Waals surface area contributed by atoms with Crippen molar-refractivity contribution in [1.29, 1.82) is 0 Å². The van der Waals surface area contributed by atoms with Gasteiger partial charge in [0.25, 0.3) is 11.8 Å². The molecule has 0 spiro atoms. The minimum Gasteiger partial charge on any atom is -0.481 e. The van der Waals surface area contributed by atoms with Crippen LogP contribution in [0.1, 0.15) is 43.6 Å². The molecular formula is C21H26N2O3. The first-order valence-electron chi connectivity index (χ1n) is 8.62. The third-order valence-corrected chi connectivity index (χ3v) is 3.68. The number of carbonyl (C=O) groups is 2. The number of rotatable bonds is 5. The molecule has 5 heteroatoms. The number of anilines is 1. The van der Waals surface area contributed by atoms with Crippen LogP contribution in [0.3, 0.4) is 0 Å². The van der Waals surface area contributed by atoms with E-state index in [1.54, 1.807) is 31.2 Å². The molecule has 0 unspecified atom stereocenters. The van der Waals surface area contributed by atoms with Crippen LogP contribution >= 0.6 is 0 Å². The molecule has 0 aliphatic carbocycles. The van der Waals surface area contributed by atoms with E-state index in [4.69, 9.17) is 4.74 Å². The highest BCUT2D eigenvalue weighted by molar-refractivity contribution is 6.04. The maximum absolute atomic E-state index is 12.5. The van der Waals surface area contributed by atoms with Gasteiger partial charge < -0.3 is 15.4 Å². The van der Waals surface area contributed by atoms with Gasteiger partial charge in [-0.1, -0.05) is 30.3 Å². The smallest absolute Gasteiger partial charge is 0.265 e. The maximum atomic E-state index is 12.5. The lowest BCUT2D eigenvalue weighted by Gasteiger charge is -2.22. The Kier molecular flexibility index (Phi) is 6.03. The second-order valence-electron chi connectivity index (χ2n) is 7.26. The quantitative estimate of drug-likeness (QED) is 0.855. The molecule has 26 heavy (non-hydrogen) atoms. The molecule has 2 aromatic carbocycles. The first kappa shape index (κ1) is 19.5. The van der Waals surface area contributed by atoms with Crippen molar-refractivity contribution in [2.24, 2.45) is 0 Å². The summed E-state index contributed by atoms with van der Waals surface area (Å²) in [6.45, 7) is 9.32. The van der Waals surface area contributed by atoms with Crippen molar-refractivity contribution in [1.82, 2.24) is 5.32 Å². The summed E-state index contributed by atoms with van der Waals surface area (Å²) in [6, 6.07) is 14.4. The first-order valence-corrected chi connectivity index (χ1v) is 8.62. The van der Waals surface area contributed by atoms with Crippen molar-refractivity contribution in [3.8, 4) is 5.75 Å². The van der Waals surface area contributed by atoms with E-state index in [0.29, 0.717) is 17.0 Å². The zero-order valence-electron chi connectivity index (χ0n) is 15.9. The molecule has 0 radical (unpaired) electrons. The third-order valence-electron chi connectivity index (χ3n) is 3.68. The highest BCUT2D eigenvalue weighted by Gasteiger charge is 2.21. The SMILES string of the molecule is Cc1ccccc1O[C@H](C)C(=O)Nc1ccccc1C(=O)NC(C)(C)C. The molecule has 0 bridgehead atoms. The van der Waals surface area contributed by atoms with Crippen molar-refractivity contribution < 1.29 is 14.3 Å². The molecule has 1 atom stereocenters. The van der Waals surface area contributed by atoms with Crippen LogP contribution in [0.2, 0.25) is 0 Å². The van der Waals surface area contributed by atoms with Crippen LogP contribution in [-0.4, -0.2) is 23.5 Å². The number of hydrogen-bond donors (Lipinski definition) is 2. The van der Waals surface area contributed by atoms with Gasteiger partial charge in [0, 0.05) is 5.54 Å². The van der Waals surface area contributed by atoms with Gasteiger partial charge in [0.1, 0.15) is 5.75 Å². The molecule has 0 saturated carbocycles. The van der Waals surface area contributed by atoms with Gasteiger partial charge in [-0.3, -0.25) is 9.59 Å². The topological polar surface area (TPSA) is 67.4 Å². The highest BCUT2D eigenvalue weighted by Crippen LogP contribution is 2.20. The number of ether oxygens (including phenoxy) is 1. The fourth-order valence-electron chi connectivity index (χ4n) is 2.37. The van der Waals surface area contributed by atoms with Crippen LogP contribution in [0, 0.1) is 6.92 Å². The predicted molar refractivity (Wildman–Crippen MR) is 104 cm³/mol. The number of hydrogen-bond acceptors (Lipinski definition) is 3. The summed E-state index contributed by atoms with van der Waals surface area (Å²) in [5.41, 5.74) is 1.46. The van der Waals surface area contributed by atoms with Gasteiger partial charge in [-0.2, -0.15) is 0 Å². The van der Waals surface area contributed by atoms with Crippen molar-refractivity contribution in [3.63, 3.8) is 0 Å². The average molecular weight is 354 g/mol. The lowest BCUT2D eigenvalue weighted by molar-refractivity contribution is -0.122. The molecule has 2 N–H and O–H groups in total. The number of carbonyl (C=O) groups excluding carboxylic acids is 2. The molecule has 0 aromatic heterocycles. The largest absolute Gasteiger partial charge is 0.481 e. The highest BCUT2D eigenvalue weighted by atomic mass is 16.5. The number of nitrogens with one attached hydrogen (secondary N) is 2. The number of benzene rings is 2. The van der Waals surface area contributed by atoms with E-state index in [0.717, 1.165) is 5.56 Å². The van der Waals surface area contributed by atoms with E-state index < -0.39 is 6.10 Å². The van der Waals surface area contributed by atoms with Gasteiger partial charge >= 0.3 is 0 Å². The summed E-state index contributed by atoms with van der Waals surface area (Å²) in [5, 5.41) is 5.70. The van der Waals surface area contributed by atoms with E-state index in [-0.39, 0.29) is 17.4 Å². The van der Waals surface area contributed by atoms with Crippen LogP contribution in [0.4, 0.5) is 5.69 Å². The summed E-state index contributed by atoms with van der Waals surface area (Å²) < 4.78 is 5.75. The second-order valence-corrected chi connectivity index (χ2v) is 7.26. The molecule has 0 heterocycles. The number of amides is 2. The predicted octanol–water partition coefficient (Wildman–Crippen LogP) is 3.93. The number of para-hydroxylation sites is 2. The van der Waals surface area contributed by atoms with Crippen molar-refractivity contribution in [2.75, 3.05) is 5.32 Å². The van der Waals surface area contributed by atoms with Crippen LogP contribution < -0.4 is 15.4 Å². The van der Waals surface area contributed by atoms with Gasteiger partial charge in [0.2, 0.25) is 0 Å². The normalized spacial score (nSPS) is 12.2. The van der Waals surface area contributed by atoms with Crippen LogP contribution in [0.25, 0.3) is 0 Å². The summed E-state index contributed by atoms with van der Waals surface area (Å²) in [6.07, 6.45) is -0.699. The maximum Gasteiger partial charge on any atom is 0.265 e. The van der Waals surface area contributed by atoms with Crippen LogP contribution in [-0.2, 0) is 4.79 Å². The van der Waals surface area contributed by atoms with Gasteiger partial charge in [-0.15, -0.1) is 0 Å². The van der Waals surface area contributed by atoms with E-state index in [1.165, 1.54) is 0 Å². The molecule has 0 aliphatic heterocycles. The van der Waals surface area contributed by atoms with E-state index in [9.17, 15) is 9.59 Å². The first-order chi connectivity index (χ1) is 12.2. The van der Waals surface area contributed by atoms with Gasteiger partial charge in [-0.25, -0.2) is 0 Å². The summed E-state index contributed by atoms with van der Waals surface area (Å²) >= 11 is 0. The summed E-state index contributed by atoms with van der Waals surface area (Å²) in [4.78, 5) is 25.0. The minimum atomic E-state index is -0.699. The molecule has 2 amide bonds. The third kappa shape index (κ3) is 5.34. The lowest BCUT2D eigenvalue weighted by atomic mass is 10.1. The van der Waals surface area contributed by atoms with E-state index >= 15 is 0 Å². The van der Waals surface area contributed by atoms with Crippen LogP contribution in [0.15, 0.2) is 48.5 Å². The molecule has 2 rings (SSSR count). The standard InChI is InChI=1S/C21H26N2O3/c1-14-10-6-9-13-18(14)26-15(2)19(24)22-17-12-8-7-11-16(17)20(25)23-21(3,4)5/h6-13,15H,1-5H3,(H,22,24)(H,23,25)/t15-/m1/s1. The Balaban J connectivity index is 2.11. The second kappa shape index (κ2) is 8.04. The van der Waals surface area contributed by atoms with E-state index in [2.05, 4.69) is 10.6 Å². The van der Waals surface area contributed by atoms with Crippen molar-refractivity contribution in [2.45, 2.75) is 46.3 Å². The molecule has 5 nitrogen and oxygen atoms in total. The number of aryl methyl sites for hydroxylation is 1. The van der Waals surface area contributed by atoms with Gasteiger partial charge in [0.15, 0.2) is 6.10 Å². The Morgan fingerprint density at radius 2 is 1.62 bits per heavy atom. The average Bonchev–Trinajstić information content (AvgIpc) is 2.55. The summed E-state index contributed by atoms with van der Waals surface area (Å²) in [7, 11) is 0. The Morgan fingerprint density at radius 3 is 2.27 bits per heavy atom. The molecule has 0 saturated heterocycles. The Hall–Kier alpha value is -2.82.